The van der Waals surface area contributed by atoms with Gasteiger partial charge in [-0.1, -0.05) is 62.5 Å². The van der Waals surface area contributed by atoms with Crippen LogP contribution in [0.25, 0.3) is 0 Å². The molecule has 0 aliphatic carbocycles. The molecule has 0 bridgehead atoms. The van der Waals surface area contributed by atoms with Gasteiger partial charge in [-0.25, -0.2) is 0 Å². The maximum absolute atomic E-state index is 4.37. The molecule has 0 aliphatic heterocycles. The summed E-state index contributed by atoms with van der Waals surface area (Å²) in [6.45, 7) is 9.74. The molecule has 0 saturated heterocycles. The molecule has 0 amide bonds. The van der Waals surface area contributed by atoms with Crippen LogP contribution in [0.2, 0.25) is 0 Å². The van der Waals surface area contributed by atoms with Crippen molar-refractivity contribution in [2.45, 2.75) is 45.6 Å². The lowest BCUT2D eigenvalue weighted by atomic mass is 9.89. The molecule has 1 aromatic heterocycles. The molecular formula is C16H23N3S. The lowest BCUT2D eigenvalue weighted by Gasteiger charge is -2.23. The monoisotopic (exact) mass is 289 g/mol. The van der Waals surface area contributed by atoms with Crippen LogP contribution in [0.5, 0.6) is 0 Å². The Morgan fingerprint density at radius 1 is 1.20 bits per heavy atom. The van der Waals surface area contributed by atoms with Crippen LogP contribution in [0.3, 0.4) is 0 Å². The molecule has 108 valence electrons. The minimum Gasteiger partial charge on any atom is -0.305 e. The van der Waals surface area contributed by atoms with Gasteiger partial charge in [-0.2, -0.15) is 0 Å². The van der Waals surface area contributed by atoms with Gasteiger partial charge in [-0.05, 0) is 30.1 Å². The average molecular weight is 289 g/mol. The fourth-order valence-electron chi connectivity index (χ4n) is 2.20. The fourth-order valence-corrected chi connectivity index (χ4v) is 3.17. The summed E-state index contributed by atoms with van der Waals surface area (Å²) in [5, 5.41) is 8.00. The zero-order valence-corrected chi connectivity index (χ0v) is 13.5. The number of benzene rings is 1. The van der Waals surface area contributed by atoms with E-state index in [-0.39, 0.29) is 11.5 Å². The largest absolute Gasteiger partial charge is 0.305 e. The van der Waals surface area contributed by atoms with Crippen LogP contribution in [0, 0.1) is 0 Å². The van der Waals surface area contributed by atoms with E-state index in [1.165, 1.54) is 22.0 Å². The Labute approximate surface area is 125 Å². The lowest BCUT2D eigenvalue weighted by molar-refractivity contribution is 0.538. The van der Waals surface area contributed by atoms with Gasteiger partial charge >= 0.3 is 0 Å². The van der Waals surface area contributed by atoms with E-state index in [0.717, 1.165) is 18.7 Å². The van der Waals surface area contributed by atoms with Gasteiger partial charge in [-0.15, -0.1) is 5.10 Å². The van der Waals surface area contributed by atoms with Crippen LogP contribution >= 0.6 is 11.5 Å². The Hall–Kier alpha value is -1.26. The fraction of sp³-hybridized carbons (Fsp3) is 0.500. The van der Waals surface area contributed by atoms with E-state index in [2.05, 4.69) is 72.9 Å². The third-order valence-electron chi connectivity index (χ3n) is 3.22. The molecular weight excluding hydrogens is 266 g/mol. The number of aromatic nitrogens is 2. The first-order valence-electron chi connectivity index (χ1n) is 7.15. The van der Waals surface area contributed by atoms with Gasteiger partial charge in [0.15, 0.2) is 0 Å². The standard InChI is InChI=1S/C16H23N3S/c1-5-11-17-13(12-9-7-6-8-10-12)14-15(16(2,3)4)18-19-20-14/h6-10,13,17H,5,11H2,1-4H3. The molecule has 0 aliphatic rings. The van der Waals surface area contributed by atoms with E-state index in [4.69, 9.17) is 0 Å². The molecule has 1 N–H and O–H groups in total. The Morgan fingerprint density at radius 3 is 2.50 bits per heavy atom. The summed E-state index contributed by atoms with van der Waals surface area (Å²) in [4.78, 5) is 1.23. The summed E-state index contributed by atoms with van der Waals surface area (Å²) < 4.78 is 4.19. The summed E-state index contributed by atoms with van der Waals surface area (Å²) in [7, 11) is 0. The van der Waals surface area contributed by atoms with Crippen molar-refractivity contribution in [3.8, 4) is 0 Å². The highest BCUT2D eigenvalue weighted by atomic mass is 32.1. The molecule has 2 rings (SSSR count). The topological polar surface area (TPSA) is 37.8 Å². The number of rotatable bonds is 5. The third-order valence-corrected chi connectivity index (χ3v) is 4.01. The van der Waals surface area contributed by atoms with Gasteiger partial charge in [-0.3, -0.25) is 0 Å². The van der Waals surface area contributed by atoms with Crippen molar-refractivity contribution in [2.24, 2.45) is 0 Å². The Morgan fingerprint density at radius 2 is 1.90 bits per heavy atom. The lowest BCUT2D eigenvalue weighted by Crippen LogP contribution is -2.25. The second-order valence-corrected chi connectivity index (χ2v) is 6.82. The van der Waals surface area contributed by atoms with Gasteiger partial charge in [0.05, 0.1) is 16.6 Å². The summed E-state index contributed by atoms with van der Waals surface area (Å²) in [5.41, 5.74) is 2.39. The smallest absolute Gasteiger partial charge is 0.0860 e. The molecule has 1 unspecified atom stereocenters. The van der Waals surface area contributed by atoms with Gasteiger partial charge in [0.25, 0.3) is 0 Å². The highest BCUT2D eigenvalue weighted by Gasteiger charge is 2.27. The molecule has 1 atom stereocenters. The molecule has 0 radical (unpaired) electrons. The number of hydrogen-bond acceptors (Lipinski definition) is 4. The Bertz CT molecular complexity index is 528. The van der Waals surface area contributed by atoms with Crippen LogP contribution in [-0.4, -0.2) is 16.1 Å². The van der Waals surface area contributed by atoms with Gasteiger partial charge in [0, 0.05) is 5.41 Å². The maximum Gasteiger partial charge on any atom is 0.0860 e. The Kier molecular flexibility index (Phi) is 4.89. The minimum atomic E-state index is 0.0171. The minimum absolute atomic E-state index is 0.0171. The van der Waals surface area contributed by atoms with E-state index in [0.29, 0.717) is 0 Å². The van der Waals surface area contributed by atoms with Crippen molar-refractivity contribution in [3.63, 3.8) is 0 Å². The number of nitrogens with zero attached hydrogens (tertiary/aromatic N) is 2. The second kappa shape index (κ2) is 6.46. The van der Waals surface area contributed by atoms with E-state index >= 15 is 0 Å². The molecule has 20 heavy (non-hydrogen) atoms. The van der Waals surface area contributed by atoms with Crippen molar-refractivity contribution in [2.75, 3.05) is 6.54 Å². The SMILES string of the molecule is CCCNC(c1ccccc1)c1snnc1C(C)(C)C. The van der Waals surface area contributed by atoms with Crippen LogP contribution in [0.4, 0.5) is 0 Å². The van der Waals surface area contributed by atoms with Crippen molar-refractivity contribution in [1.82, 2.24) is 14.9 Å². The molecule has 1 aromatic carbocycles. The first-order chi connectivity index (χ1) is 9.54. The van der Waals surface area contributed by atoms with Gasteiger partial charge < -0.3 is 5.32 Å². The highest BCUT2D eigenvalue weighted by Crippen LogP contribution is 2.33. The van der Waals surface area contributed by atoms with Crippen molar-refractivity contribution in [1.29, 1.82) is 0 Å². The van der Waals surface area contributed by atoms with E-state index < -0.39 is 0 Å². The summed E-state index contributed by atoms with van der Waals surface area (Å²) >= 11 is 1.51. The van der Waals surface area contributed by atoms with Crippen LogP contribution in [0.1, 0.15) is 56.3 Å². The van der Waals surface area contributed by atoms with Crippen LogP contribution in [-0.2, 0) is 5.41 Å². The second-order valence-electron chi connectivity index (χ2n) is 6.03. The van der Waals surface area contributed by atoms with Crippen LogP contribution < -0.4 is 5.32 Å². The van der Waals surface area contributed by atoms with Gasteiger partial charge in [0.1, 0.15) is 0 Å². The zero-order chi connectivity index (χ0) is 14.6. The summed E-state index contributed by atoms with van der Waals surface area (Å²) in [5.74, 6) is 0. The van der Waals surface area contributed by atoms with Crippen molar-refractivity contribution < 1.29 is 0 Å². The quantitative estimate of drug-likeness (QED) is 0.906. The molecule has 0 fully saturated rings. The molecule has 0 saturated carbocycles. The maximum atomic E-state index is 4.37. The number of nitrogens with one attached hydrogen (secondary N) is 1. The summed E-state index contributed by atoms with van der Waals surface area (Å²) in [6.07, 6.45) is 1.11. The first kappa shape index (κ1) is 15.1. The van der Waals surface area contributed by atoms with Crippen molar-refractivity contribution >= 4 is 11.5 Å². The average Bonchev–Trinajstić information content (AvgIpc) is 2.90. The third kappa shape index (κ3) is 3.44. The predicted octanol–water partition coefficient (Wildman–Crippen LogP) is 3.92. The van der Waals surface area contributed by atoms with E-state index in [1.807, 2.05) is 0 Å². The number of hydrogen-bond donors (Lipinski definition) is 1. The molecule has 3 nitrogen and oxygen atoms in total. The van der Waals surface area contributed by atoms with E-state index in [1.54, 1.807) is 0 Å². The van der Waals surface area contributed by atoms with E-state index in [9.17, 15) is 0 Å². The molecule has 2 aromatic rings. The molecule has 4 heteroatoms. The first-order valence-corrected chi connectivity index (χ1v) is 7.92. The Balaban J connectivity index is 2.40. The van der Waals surface area contributed by atoms with Gasteiger partial charge in [0.2, 0.25) is 0 Å². The zero-order valence-electron chi connectivity index (χ0n) is 12.7. The predicted molar refractivity (Wildman–Crippen MR) is 85.2 cm³/mol. The highest BCUT2D eigenvalue weighted by molar-refractivity contribution is 7.05. The van der Waals surface area contributed by atoms with Crippen LogP contribution in [0.15, 0.2) is 30.3 Å². The molecule has 1 heterocycles. The van der Waals surface area contributed by atoms with Crippen molar-refractivity contribution in [3.05, 3.63) is 46.5 Å². The normalized spacial score (nSPS) is 13.4. The summed E-state index contributed by atoms with van der Waals surface area (Å²) in [6, 6.07) is 10.7. The molecule has 0 spiro atoms.